The molecule has 8 nitrogen and oxygen atoms in total. The van der Waals surface area contributed by atoms with Crippen LogP contribution in [-0.2, 0) is 11.2 Å². The molecule has 1 atom stereocenters. The number of nitrogens with zero attached hydrogens (tertiary/aromatic N) is 3. The van der Waals surface area contributed by atoms with Gasteiger partial charge in [0.05, 0.1) is 12.8 Å². The van der Waals surface area contributed by atoms with Crippen LogP contribution in [0.5, 0.6) is 0 Å². The van der Waals surface area contributed by atoms with Gasteiger partial charge in [0.1, 0.15) is 0 Å². The SMILES string of the molecule is COCCN1CCN(c2ncc(C(=O)NC(CCC(C)C)Cc3c[nH]c4ccccc34)o2)CC1. The number of benzene rings is 1. The van der Waals surface area contributed by atoms with Gasteiger partial charge in [-0.25, -0.2) is 4.98 Å². The van der Waals surface area contributed by atoms with Crippen LogP contribution in [0.2, 0.25) is 0 Å². The minimum Gasteiger partial charge on any atom is -0.418 e. The van der Waals surface area contributed by atoms with Crippen molar-refractivity contribution in [3.63, 3.8) is 0 Å². The first kappa shape index (κ1) is 24.3. The Balaban J connectivity index is 1.38. The number of carbonyl (C=O) groups excluding carboxylic acids is 1. The van der Waals surface area contributed by atoms with Crippen LogP contribution in [0.25, 0.3) is 10.9 Å². The van der Waals surface area contributed by atoms with Crippen LogP contribution in [0.4, 0.5) is 6.01 Å². The molecule has 34 heavy (non-hydrogen) atoms. The number of fused-ring (bicyclic) bond motifs is 1. The lowest BCUT2D eigenvalue weighted by Crippen LogP contribution is -2.47. The van der Waals surface area contributed by atoms with Gasteiger partial charge in [-0.2, -0.15) is 0 Å². The maximum Gasteiger partial charge on any atom is 0.298 e. The second kappa shape index (κ2) is 11.5. The van der Waals surface area contributed by atoms with Gasteiger partial charge in [-0.15, -0.1) is 0 Å². The third-order valence-corrected chi connectivity index (χ3v) is 6.54. The Morgan fingerprint density at radius 1 is 1.21 bits per heavy atom. The Labute approximate surface area is 201 Å². The number of para-hydroxylation sites is 1. The van der Waals surface area contributed by atoms with E-state index >= 15 is 0 Å². The Morgan fingerprint density at radius 2 is 2.00 bits per heavy atom. The van der Waals surface area contributed by atoms with E-state index in [1.165, 1.54) is 10.9 Å². The third kappa shape index (κ3) is 6.18. The minimum atomic E-state index is -0.203. The molecule has 3 aromatic rings. The van der Waals surface area contributed by atoms with E-state index in [-0.39, 0.29) is 17.7 Å². The zero-order chi connectivity index (χ0) is 23.9. The highest BCUT2D eigenvalue weighted by molar-refractivity contribution is 5.91. The van der Waals surface area contributed by atoms with E-state index < -0.39 is 0 Å². The Kier molecular flexibility index (Phi) is 8.24. The van der Waals surface area contributed by atoms with Gasteiger partial charge in [0.2, 0.25) is 5.76 Å². The minimum absolute atomic E-state index is 0.0204. The number of ether oxygens (including phenoxy) is 1. The molecule has 1 unspecified atom stereocenters. The number of methoxy groups -OCH3 is 1. The van der Waals surface area contributed by atoms with Gasteiger partial charge in [0.15, 0.2) is 0 Å². The number of piperazine rings is 1. The number of carbonyl (C=O) groups is 1. The van der Waals surface area contributed by atoms with E-state index in [9.17, 15) is 4.79 Å². The van der Waals surface area contributed by atoms with Crippen molar-refractivity contribution in [3.8, 4) is 0 Å². The van der Waals surface area contributed by atoms with E-state index in [0.717, 1.165) is 64.1 Å². The molecule has 1 saturated heterocycles. The predicted molar refractivity (Wildman–Crippen MR) is 134 cm³/mol. The first-order chi connectivity index (χ1) is 16.5. The molecule has 3 heterocycles. The molecule has 4 rings (SSSR count). The zero-order valence-corrected chi connectivity index (χ0v) is 20.5. The lowest BCUT2D eigenvalue weighted by Gasteiger charge is -2.33. The van der Waals surface area contributed by atoms with Crippen LogP contribution in [0.3, 0.4) is 0 Å². The molecular formula is C26H37N5O3. The monoisotopic (exact) mass is 467 g/mol. The van der Waals surface area contributed by atoms with Gasteiger partial charge in [0.25, 0.3) is 11.9 Å². The summed E-state index contributed by atoms with van der Waals surface area (Å²) in [6.45, 7) is 9.58. The molecule has 8 heteroatoms. The van der Waals surface area contributed by atoms with Gasteiger partial charge in [-0.05, 0) is 36.8 Å². The van der Waals surface area contributed by atoms with Gasteiger partial charge < -0.3 is 24.4 Å². The smallest absolute Gasteiger partial charge is 0.298 e. The summed E-state index contributed by atoms with van der Waals surface area (Å²) in [6, 6.07) is 8.82. The molecule has 2 N–H and O–H groups in total. The van der Waals surface area contributed by atoms with Crippen molar-refractivity contribution < 1.29 is 13.9 Å². The van der Waals surface area contributed by atoms with Crippen LogP contribution in [0, 0.1) is 5.92 Å². The average molecular weight is 468 g/mol. The molecule has 0 aliphatic carbocycles. The summed E-state index contributed by atoms with van der Waals surface area (Å²) in [5, 5.41) is 4.42. The summed E-state index contributed by atoms with van der Waals surface area (Å²) in [5.74, 6) is 0.637. The van der Waals surface area contributed by atoms with Crippen molar-refractivity contribution in [2.75, 3.05) is 51.3 Å². The Hall–Kier alpha value is -2.84. The van der Waals surface area contributed by atoms with Gasteiger partial charge in [-0.1, -0.05) is 32.0 Å². The Morgan fingerprint density at radius 3 is 2.76 bits per heavy atom. The lowest BCUT2D eigenvalue weighted by molar-refractivity contribution is 0.0905. The van der Waals surface area contributed by atoms with Crippen molar-refractivity contribution in [1.82, 2.24) is 20.2 Å². The summed E-state index contributed by atoms with van der Waals surface area (Å²) in [5.41, 5.74) is 2.34. The number of H-pyrrole nitrogens is 1. The summed E-state index contributed by atoms with van der Waals surface area (Å²) in [6.07, 6.45) is 6.33. The van der Waals surface area contributed by atoms with Crippen LogP contribution in [0.15, 0.2) is 41.1 Å². The maximum absolute atomic E-state index is 13.1. The quantitative estimate of drug-likeness (QED) is 0.447. The topological polar surface area (TPSA) is 86.6 Å². The fraction of sp³-hybridized carbons (Fsp3) is 0.538. The molecule has 0 spiro atoms. The molecule has 0 saturated carbocycles. The second-order valence-electron chi connectivity index (χ2n) is 9.53. The molecule has 2 aromatic heterocycles. The number of nitrogens with one attached hydrogen (secondary N) is 2. The van der Waals surface area contributed by atoms with Crippen molar-refractivity contribution in [3.05, 3.63) is 48.0 Å². The highest BCUT2D eigenvalue weighted by atomic mass is 16.5. The first-order valence-electron chi connectivity index (χ1n) is 12.3. The largest absolute Gasteiger partial charge is 0.418 e. The fourth-order valence-electron chi connectivity index (χ4n) is 4.48. The van der Waals surface area contributed by atoms with Gasteiger partial charge in [-0.3, -0.25) is 9.69 Å². The standard InChI is InChI=1S/C26H37N5O3/c1-19(2)8-9-21(16-20-17-27-23-7-5-4-6-22(20)23)29-25(32)24-18-28-26(34-24)31-12-10-30(11-13-31)14-15-33-3/h4-7,17-19,21,27H,8-16H2,1-3H3,(H,29,32). The summed E-state index contributed by atoms with van der Waals surface area (Å²) >= 11 is 0. The van der Waals surface area contributed by atoms with E-state index in [2.05, 4.69) is 63.3 Å². The predicted octanol–water partition coefficient (Wildman–Crippen LogP) is 3.70. The summed E-state index contributed by atoms with van der Waals surface area (Å²) in [7, 11) is 1.73. The molecule has 1 aliphatic heterocycles. The van der Waals surface area contributed by atoms with Crippen LogP contribution >= 0.6 is 0 Å². The number of hydrogen-bond donors (Lipinski definition) is 2. The molecule has 0 bridgehead atoms. The molecule has 1 aromatic carbocycles. The number of rotatable bonds is 11. The number of oxazole rings is 1. The molecule has 1 fully saturated rings. The normalized spacial score (nSPS) is 15.8. The molecule has 0 radical (unpaired) electrons. The number of anilines is 1. The van der Waals surface area contributed by atoms with Crippen molar-refractivity contribution >= 4 is 22.8 Å². The van der Waals surface area contributed by atoms with Crippen LogP contribution in [0.1, 0.15) is 42.8 Å². The van der Waals surface area contributed by atoms with Crippen molar-refractivity contribution in [1.29, 1.82) is 0 Å². The molecular weight excluding hydrogens is 430 g/mol. The number of amides is 1. The maximum atomic E-state index is 13.1. The Bertz CT molecular complexity index is 1050. The fourth-order valence-corrected chi connectivity index (χ4v) is 4.48. The van der Waals surface area contributed by atoms with Crippen LogP contribution < -0.4 is 10.2 Å². The van der Waals surface area contributed by atoms with E-state index in [1.54, 1.807) is 13.3 Å². The third-order valence-electron chi connectivity index (χ3n) is 6.54. The van der Waals surface area contributed by atoms with Crippen molar-refractivity contribution in [2.24, 2.45) is 5.92 Å². The van der Waals surface area contributed by atoms with E-state index in [0.29, 0.717) is 11.9 Å². The van der Waals surface area contributed by atoms with Crippen LogP contribution in [-0.4, -0.2) is 73.3 Å². The molecule has 1 aliphatic rings. The highest BCUT2D eigenvalue weighted by Gasteiger charge is 2.23. The summed E-state index contributed by atoms with van der Waals surface area (Å²) in [4.78, 5) is 25.3. The number of hydrogen-bond acceptors (Lipinski definition) is 6. The zero-order valence-electron chi connectivity index (χ0n) is 20.5. The molecule has 184 valence electrons. The van der Waals surface area contributed by atoms with E-state index in [1.807, 2.05) is 6.07 Å². The average Bonchev–Trinajstić information content (AvgIpc) is 3.49. The number of aromatic nitrogens is 2. The second-order valence-corrected chi connectivity index (χ2v) is 9.53. The van der Waals surface area contributed by atoms with Gasteiger partial charge >= 0.3 is 0 Å². The molecule has 1 amide bonds. The summed E-state index contributed by atoms with van der Waals surface area (Å²) < 4.78 is 11.1. The van der Waals surface area contributed by atoms with E-state index in [4.69, 9.17) is 9.15 Å². The highest BCUT2D eigenvalue weighted by Crippen LogP contribution is 2.22. The lowest BCUT2D eigenvalue weighted by atomic mass is 9.97. The van der Waals surface area contributed by atoms with Crippen molar-refractivity contribution in [2.45, 2.75) is 39.2 Å². The first-order valence-corrected chi connectivity index (χ1v) is 12.3. The number of aromatic amines is 1. The van der Waals surface area contributed by atoms with Gasteiger partial charge in [0, 0.05) is 63.0 Å².